The lowest BCUT2D eigenvalue weighted by molar-refractivity contribution is -0.119. The van der Waals surface area contributed by atoms with Gasteiger partial charge in [-0.15, -0.1) is 0 Å². The summed E-state index contributed by atoms with van der Waals surface area (Å²) in [7, 11) is 0. The molecule has 0 aliphatic carbocycles. The number of nitrogens with two attached hydrogens (primary N) is 1. The van der Waals surface area contributed by atoms with E-state index in [9.17, 15) is 4.79 Å². The summed E-state index contributed by atoms with van der Waals surface area (Å²) in [6, 6.07) is 8.87. The monoisotopic (exact) mass is 243 g/mol. The number of hydrogen-bond acceptors (Lipinski definition) is 3. The third-order valence-corrected chi connectivity index (χ3v) is 2.89. The Morgan fingerprint density at radius 2 is 2.11 bits per heavy atom. The predicted octanol–water partition coefficient (Wildman–Crippen LogP) is 1.71. The average Bonchev–Trinajstić information content (AvgIpc) is 2.86. The van der Waals surface area contributed by atoms with Crippen LogP contribution in [0.3, 0.4) is 0 Å². The molecule has 0 fully saturated rings. The van der Waals surface area contributed by atoms with Crippen LogP contribution in [0.5, 0.6) is 0 Å². The van der Waals surface area contributed by atoms with E-state index in [0.29, 0.717) is 6.42 Å². The lowest BCUT2D eigenvalue weighted by Crippen LogP contribution is -2.22. The molecule has 0 saturated heterocycles. The summed E-state index contributed by atoms with van der Waals surface area (Å²) in [5.41, 5.74) is 7.71. The minimum Gasteiger partial charge on any atom is -0.318 e. The zero-order valence-corrected chi connectivity index (χ0v) is 10.4. The van der Waals surface area contributed by atoms with E-state index in [4.69, 9.17) is 5.73 Å². The molecule has 0 saturated carbocycles. The molecular weight excluding hydrogens is 226 g/mol. The molecule has 1 heterocycles. The third-order valence-electron chi connectivity index (χ3n) is 2.89. The van der Waals surface area contributed by atoms with Gasteiger partial charge in [0.1, 0.15) is 0 Å². The van der Waals surface area contributed by atoms with E-state index in [0.717, 1.165) is 17.7 Å². The van der Waals surface area contributed by atoms with Crippen LogP contribution in [0, 0.1) is 0 Å². The zero-order chi connectivity index (χ0) is 13.0. The van der Waals surface area contributed by atoms with Crippen LogP contribution in [0.1, 0.15) is 24.1 Å². The van der Waals surface area contributed by atoms with Gasteiger partial charge in [0.25, 0.3) is 0 Å². The average molecular weight is 243 g/mol. The SMILES string of the molecule is CCn1cc(CC(=O)C(N)c2ccccc2)cn1. The summed E-state index contributed by atoms with van der Waals surface area (Å²) in [4.78, 5) is 12.0. The predicted molar refractivity (Wildman–Crippen MR) is 70.0 cm³/mol. The quantitative estimate of drug-likeness (QED) is 0.869. The van der Waals surface area contributed by atoms with Crippen molar-refractivity contribution in [3.05, 3.63) is 53.9 Å². The number of carbonyl (C=O) groups is 1. The van der Waals surface area contributed by atoms with Crippen molar-refractivity contribution in [1.29, 1.82) is 0 Å². The van der Waals surface area contributed by atoms with Crippen LogP contribution in [0.4, 0.5) is 0 Å². The summed E-state index contributed by atoms with van der Waals surface area (Å²) >= 11 is 0. The Kier molecular flexibility index (Phi) is 3.89. The first-order valence-corrected chi connectivity index (χ1v) is 6.05. The first-order chi connectivity index (χ1) is 8.70. The van der Waals surface area contributed by atoms with Gasteiger partial charge >= 0.3 is 0 Å². The van der Waals surface area contributed by atoms with Gasteiger partial charge < -0.3 is 5.73 Å². The molecule has 0 amide bonds. The summed E-state index contributed by atoms with van der Waals surface area (Å²) < 4.78 is 1.80. The molecule has 4 nitrogen and oxygen atoms in total. The van der Waals surface area contributed by atoms with Crippen LogP contribution < -0.4 is 5.73 Å². The molecule has 0 spiro atoms. The van der Waals surface area contributed by atoms with E-state index in [1.54, 1.807) is 10.9 Å². The molecule has 0 radical (unpaired) electrons. The number of aromatic nitrogens is 2. The van der Waals surface area contributed by atoms with Gasteiger partial charge in [0.05, 0.1) is 12.2 Å². The molecular formula is C14H17N3O. The third kappa shape index (κ3) is 2.84. The Balaban J connectivity index is 2.04. The molecule has 94 valence electrons. The van der Waals surface area contributed by atoms with Crippen molar-refractivity contribution in [2.75, 3.05) is 0 Å². The number of ketones is 1. The van der Waals surface area contributed by atoms with Crippen molar-refractivity contribution in [1.82, 2.24) is 9.78 Å². The highest BCUT2D eigenvalue weighted by atomic mass is 16.1. The second-order valence-corrected chi connectivity index (χ2v) is 4.24. The Morgan fingerprint density at radius 3 is 2.72 bits per heavy atom. The van der Waals surface area contributed by atoms with E-state index in [1.165, 1.54) is 0 Å². The van der Waals surface area contributed by atoms with Gasteiger partial charge in [-0.2, -0.15) is 5.10 Å². The maximum absolute atomic E-state index is 12.0. The molecule has 1 aromatic heterocycles. The number of nitrogens with zero attached hydrogens (tertiary/aromatic N) is 2. The number of benzene rings is 1. The second kappa shape index (κ2) is 5.60. The summed E-state index contributed by atoms with van der Waals surface area (Å²) in [6.45, 7) is 2.81. The van der Waals surface area contributed by atoms with Crippen molar-refractivity contribution in [3.8, 4) is 0 Å². The highest BCUT2D eigenvalue weighted by Crippen LogP contribution is 2.13. The number of rotatable bonds is 5. The molecule has 0 aliphatic heterocycles. The van der Waals surface area contributed by atoms with Crippen LogP contribution in [0.2, 0.25) is 0 Å². The van der Waals surface area contributed by atoms with Gasteiger partial charge in [-0.3, -0.25) is 9.48 Å². The Bertz CT molecular complexity index is 519. The van der Waals surface area contributed by atoms with E-state index >= 15 is 0 Å². The van der Waals surface area contributed by atoms with E-state index in [1.807, 2.05) is 43.5 Å². The Hall–Kier alpha value is -1.94. The molecule has 0 bridgehead atoms. The van der Waals surface area contributed by atoms with Gasteiger partial charge in [0.15, 0.2) is 5.78 Å². The van der Waals surface area contributed by atoms with Crippen molar-refractivity contribution < 1.29 is 4.79 Å². The van der Waals surface area contributed by atoms with Crippen LogP contribution in [-0.4, -0.2) is 15.6 Å². The van der Waals surface area contributed by atoms with Crippen LogP contribution >= 0.6 is 0 Å². The van der Waals surface area contributed by atoms with E-state index in [2.05, 4.69) is 5.10 Å². The first-order valence-electron chi connectivity index (χ1n) is 6.05. The molecule has 4 heteroatoms. The fourth-order valence-electron chi connectivity index (χ4n) is 1.83. The van der Waals surface area contributed by atoms with Gasteiger partial charge in [-0.05, 0) is 18.1 Å². The lowest BCUT2D eigenvalue weighted by Gasteiger charge is -2.09. The van der Waals surface area contributed by atoms with Crippen LogP contribution in [0.15, 0.2) is 42.7 Å². The molecule has 1 aromatic carbocycles. The summed E-state index contributed by atoms with van der Waals surface area (Å²) in [6.07, 6.45) is 3.94. The molecule has 18 heavy (non-hydrogen) atoms. The van der Waals surface area contributed by atoms with E-state index < -0.39 is 6.04 Å². The zero-order valence-electron chi connectivity index (χ0n) is 10.4. The largest absolute Gasteiger partial charge is 0.318 e. The summed E-state index contributed by atoms with van der Waals surface area (Å²) in [5, 5.41) is 4.14. The van der Waals surface area contributed by atoms with Crippen molar-refractivity contribution in [2.45, 2.75) is 25.9 Å². The van der Waals surface area contributed by atoms with Crippen molar-refractivity contribution in [3.63, 3.8) is 0 Å². The fourth-order valence-corrected chi connectivity index (χ4v) is 1.83. The molecule has 2 rings (SSSR count). The first kappa shape index (κ1) is 12.5. The molecule has 0 aliphatic rings. The normalized spacial score (nSPS) is 12.3. The summed E-state index contributed by atoms with van der Waals surface area (Å²) in [5.74, 6) is 0.0110. The Labute approximate surface area is 106 Å². The number of hydrogen-bond donors (Lipinski definition) is 1. The minimum atomic E-state index is -0.559. The van der Waals surface area contributed by atoms with Gasteiger partial charge in [0.2, 0.25) is 0 Å². The fraction of sp³-hybridized carbons (Fsp3) is 0.286. The smallest absolute Gasteiger partial charge is 0.158 e. The number of Topliss-reactive ketones (excluding diaryl/α,β-unsaturated/α-hetero) is 1. The topological polar surface area (TPSA) is 60.9 Å². The maximum Gasteiger partial charge on any atom is 0.158 e. The second-order valence-electron chi connectivity index (χ2n) is 4.24. The molecule has 2 N–H and O–H groups in total. The number of carbonyl (C=O) groups excluding carboxylic acids is 1. The lowest BCUT2D eigenvalue weighted by atomic mass is 10.00. The standard InChI is InChI=1S/C14H17N3O/c1-2-17-10-11(9-16-17)8-13(18)14(15)12-6-4-3-5-7-12/h3-7,9-10,14H,2,8,15H2,1H3. The van der Waals surface area contributed by atoms with E-state index in [-0.39, 0.29) is 5.78 Å². The van der Waals surface area contributed by atoms with Crippen molar-refractivity contribution >= 4 is 5.78 Å². The van der Waals surface area contributed by atoms with Gasteiger partial charge in [0, 0.05) is 19.2 Å². The molecule has 1 unspecified atom stereocenters. The van der Waals surface area contributed by atoms with Gasteiger partial charge in [-0.1, -0.05) is 30.3 Å². The van der Waals surface area contributed by atoms with Gasteiger partial charge in [-0.25, -0.2) is 0 Å². The van der Waals surface area contributed by atoms with Crippen molar-refractivity contribution in [2.24, 2.45) is 5.73 Å². The highest BCUT2D eigenvalue weighted by Gasteiger charge is 2.16. The van der Waals surface area contributed by atoms with Crippen LogP contribution in [0.25, 0.3) is 0 Å². The minimum absolute atomic E-state index is 0.0110. The Morgan fingerprint density at radius 1 is 1.39 bits per heavy atom. The highest BCUT2D eigenvalue weighted by molar-refractivity contribution is 5.86. The van der Waals surface area contributed by atoms with Crippen LogP contribution in [-0.2, 0) is 17.8 Å². The maximum atomic E-state index is 12.0. The number of aryl methyl sites for hydroxylation is 1. The molecule has 2 aromatic rings. The molecule has 1 atom stereocenters.